The van der Waals surface area contributed by atoms with Crippen molar-refractivity contribution >= 4 is 17.7 Å². The van der Waals surface area contributed by atoms with Crippen LogP contribution in [0.25, 0.3) is 0 Å². The van der Waals surface area contributed by atoms with Gasteiger partial charge < -0.3 is 10.2 Å². The topological polar surface area (TPSA) is 78.5 Å². The fourth-order valence-electron chi connectivity index (χ4n) is 3.66. The van der Waals surface area contributed by atoms with Crippen LogP contribution in [0, 0.1) is 0 Å². The summed E-state index contributed by atoms with van der Waals surface area (Å²) in [6.45, 7) is 2.12. The summed E-state index contributed by atoms with van der Waals surface area (Å²) in [6.07, 6.45) is 1.54. The molecule has 3 aliphatic heterocycles. The lowest BCUT2D eigenvalue weighted by Crippen LogP contribution is -2.52. The molecule has 1 unspecified atom stereocenters. The Bertz CT molecular complexity index is 698. The molecule has 1 aromatic rings. The van der Waals surface area contributed by atoms with Gasteiger partial charge in [-0.2, -0.15) is 0 Å². The van der Waals surface area contributed by atoms with Crippen molar-refractivity contribution in [1.82, 2.24) is 15.5 Å². The molecule has 3 heterocycles. The molecule has 1 aromatic carbocycles. The molecular formula is C16H17N3O3. The average Bonchev–Trinajstić information content (AvgIpc) is 2.85. The highest BCUT2D eigenvalue weighted by Crippen LogP contribution is 2.32. The van der Waals surface area contributed by atoms with Gasteiger partial charge in [0.25, 0.3) is 5.91 Å². The van der Waals surface area contributed by atoms with Gasteiger partial charge in [0.2, 0.25) is 11.8 Å². The van der Waals surface area contributed by atoms with Crippen molar-refractivity contribution in [2.75, 3.05) is 6.54 Å². The Labute approximate surface area is 127 Å². The third-order valence-corrected chi connectivity index (χ3v) is 4.77. The number of carbonyl (C=O) groups is 3. The van der Waals surface area contributed by atoms with Gasteiger partial charge in [-0.25, -0.2) is 0 Å². The normalized spacial score (nSPS) is 24.1. The Morgan fingerprint density at radius 3 is 2.73 bits per heavy atom. The Hall–Kier alpha value is -2.21. The van der Waals surface area contributed by atoms with Crippen molar-refractivity contribution in [2.45, 2.75) is 38.4 Å². The number of rotatable bonds is 1. The van der Waals surface area contributed by atoms with Gasteiger partial charge in [0.15, 0.2) is 0 Å². The van der Waals surface area contributed by atoms with E-state index >= 15 is 0 Å². The van der Waals surface area contributed by atoms with E-state index in [0.717, 1.165) is 36.2 Å². The van der Waals surface area contributed by atoms with Crippen LogP contribution < -0.4 is 10.6 Å². The maximum absolute atomic E-state index is 12.8. The quantitative estimate of drug-likeness (QED) is 0.721. The van der Waals surface area contributed by atoms with Gasteiger partial charge in [-0.05, 0) is 36.1 Å². The first kappa shape index (κ1) is 13.5. The van der Waals surface area contributed by atoms with E-state index in [2.05, 4.69) is 16.7 Å². The number of fused-ring (bicyclic) bond motifs is 3. The second-order valence-corrected chi connectivity index (χ2v) is 6.06. The van der Waals surface area contributed by atoms with Crippen LogP contribution in [-0.2, 0) is 29.1 Å². The Morgan fingerprint density at radius 2 is 1.91 bits per heavy atom. The first-order valence-electron chi connectivity index (χ1n) is 7.64. The zero-order valence-electron chi connectivity index (χ0n) is 12.1. The molecule has 0 aromatic heterocycles. The van der Waals surface area contributed by atoms with Crippen LogP contribution >= 0.6 is 0 Å². The molecule has 0 bridgehead atoms. The van der Waals surface area contributed by atoms with Crippen molar-refractivity contribution in [3.8, 4) is 0 Å². The highest BCUT2D eigenvalue weighted by Gasteiger charge is 2.40. The van der Waals surface area contributed by atoms with E-state index in [9.17, 15) is 14.4 Å². The molecule has 2 N–H and O–H groups in total. The molecule has 4 rings (SSSR count). The van der Waals surface area contributed by atoms with Gasteiger partial charge in [0.05, 0.1) is 0 Å². The Kier molecular flexibility index (Phi) is 3.00. The number of hydrogen-bond donors (Lipinski definition) is 2. The van der Waals surface area contributed by atoms with E-state index in [-0.39, 0.29) is 17.7 Å². The number of nitrogens with one attached hydrogen (secondary N) is 2. The number of imide groups is 1. The maximum atomic E-state index is 12.8. The summed E-state index contributed by atoms with van der Waals surface area (Å²) >= 11 is 0. The van der Waals surface area contributed by atoms with E-state index in [1.54, 1.807) is 4.90 Å². The molecule has 0 aliphatic carbocycles. The summed E-state index contributed by atoms with van der Waals surface area (Å²) < 4.78 is 0. The van der Waals surface area contributed by atoms with E-state index in [4.69, 9.17) is 0 Å². The SMILES string of the molecule is O=C1CCC(N2Cc3ccc4c(c3C2=O)CCNC4)C(=O)N1. The smallest absolute Gasteiger partial charge is 0.255 e. The van der Waals surface area contributed by atoms with Crippen molar-refractivity contribution in [3.63, 3.8) is 0 Å². The van der Waals surface area contributed by atoms with Gasteiger partial charge in [0, 0.05) is 25.1 Å². The summed E-state index contributed by atoms with van der Waals surface area (Å²) in [4.78, 5) is 37.8. The van der Waals surface area contributed by atoms with Crippen molar-refractivity contribution in [1.29, 1.82) is 0 Å². The molecule has 6 heteroatoms. The molecular weight excluding hydrogens is 282 g/mol. The van der Waals surface area contributed by atoms with Crippen LogP contribution in [0.2, 0.25) is 0 Å². The van der Waals surface area contributed by atoms with Gasteiger partial charge in [-0.1, -0.05) is 12.1 Å². The third kappa shape index (κ3) is 1.94. The van der Waals surface area contributed by atoms with E-state index in [1.807, 2.05) is 6.07 Å². The minimum absolute atomic E-state index is 0.0664. The molecule has 1 atom stereocenters. The van der Waals surface area contributed by atoms with Crippen LogP contribution in [0.3, 0.4) is 0 Å². The van der Waals surface area contributed by atoms with Crippen LogP contribution in [0.15, 0.2) is 12.1 Å². The molecule has 1 fully saturated rings. The van der Waals surface area contributed by atoms with Gasteiger partial charge in [-0.15, -0.1) is 0 Å². The predicted octanol–water partition coefficient (Wildman–Crippen LogP) is 0.0933. The fourth-order valence-corrected chi connectivity index (χ4v) is 3.66. The number of piperidine rings is 1. The van der Waals surface area contributed by atoms with Crippen molar-refractivity contribution in [2.24, 2.45) is 0 Å². The monoisotopic (exact) mass is 299 g/mol. The minimum Gasteiger partial charge on any atom is -0.322 e. The van der Waals surface area contributed by atoms with Crippen LogP contribution in [0.1, 0.15) is 39.9 Å². The summed E-state index contributed by atoms with van der Waals surface area (Å²) in [5, 5.41) is 5.64. The van der Waals surface area contributed by atoms with Gasteiger partial charge in [0.1, 0.15) is 6.04 Å². The lowest BCUT2D eigenvalue weighted by Gasteiger charge is -2.29. The number of carbonyl (C=O) groups excluding carboxylic acids is 3. The molecule has 1 saturated heterocycles. The van der Waals surface area contributed by atoms with E-state index in [0.29, 0.717) is 19.4 Å². The van der Waals surface area contributed by atoms with Crippen LogP contribution in [0.5, 0.6) is 0 Å². The zero-order chi connectivity index (χ0) is 15.3. The molecule has 0 saturated carbocycles. The summed E-state index contributed by atoms with van der Waals surface area (Å²) in [6, 6.07) is 3.53. The second kappa shape index (κ2) is 4.91. The first-order chi connectivity index (χ1) is 10.6. The molecule has 114 valence electrons. The second-order valence-electron chi connectivity index (χ2n) is 6.06. The molecule has 3 aliphatic rings. The summed E-state index contributed by atoms with van der Waals surface area (Å²) in [5.41, 5.74) is 4.07. The average molecular weight is 299 g/mol. The molecule has 0 spiro atoms. The molecule has 3 amide bonds. The van der Waals surface area contributed by atoms with Gasteiger partial charge in [-0.3, -0.25) is 19.7 Å². The molecule has 0 radical (unpaired) electrons. The largest absolute Gasteiger partial charge is 0.322 e. The third-order valence-electron chi connectivity index (χ3n) is 4.77. The number of benzene rings is 1. The van der Waals surface area contributed by atoms with Crippen LogP contribution in [0.4, 0.5) is 0 Å². The van der Waals surface area contributed by atoms with Crippen LogP contribution in [-0.4, -0.2) is 35.2 Å². The number of hydrogen-bond acceptors (Lipinski definition) is 4. The fraction of sp³-hybridized carbons (Fsp3) is 0.438. The Balaban J connectivity index is 1.68. The number of nitrogens with zero attached hydrogens (tertiary/aromatic N) is 1. The summed E-state index contributed by atoms with van der Waals surface area (Å²) in [7, 11) is 0. The molecule has 22 heavy (non-hydrogen) atoms. The lowest BCUT2D eigenvalue weighted by molar-refractivity contribution is -0.136. The molecule has 6 nitrogen and oxygen atoms in total. The minimum atomic E-state index is -0.532. The van der Waals surface area contributed by atoms with E-state index < -0.39 is 6.04 Å². The highest BCUT2D eigenvalue weighted by molar-refractivity contribution is 6.06. The van der Waals surface area contributed by atoms with E-state index in [1.165, 1.54) is 5.56 Å². The highest BCUT2D eigenvalue weighted by atomic mass is 16.2. The first-order valence-corrected chi connectivity index (χ1v) is 7.64. The standard InChI is InChI=1S/C16H17N3O3/c20-13-4-3-12(15(21)18-13)19-8-10-2-1-9-7-17-6-5-11(9)14(10)16(19)22/h1-2,12,17H,3-8H2,(H,18,20,21). The zero-order valence-corrected chi connectivity index (χ0v) is 12.1. The predicted molar refractivity (Wildman–Crippen MR) is 77.9 cm³/mol. The lowest BCUT2D eigenvalue weighted by atomic mass is 9.93. The van der Waals surface area contributed by atoms with Crippen molar-refractivity contribution < 1.29 is 14.4 Å². The number of amides is 3. The maximum Gasteiger partial charge on any atom is 0.255 e. The summed E-state index contributed by atoms with van der Waals surface area (Å²) in [5.74, 6) is -0.676. The van der Waals surface area contributed by atoms with Gasteiger partial charge >= 0.3 is 0 Å². The van der Waals surface area contributed by atoms with Crippen molar-refractivity contribution in [3.05, 3.63) is 34.4 Å². The Morgan fingerprint density at radius 1 is 1.09 bits per heavy atom.